The van der Waals surface area contributed by atoms with Gasteiger partial charge in [0.2, 0.25) is 10.0 Å². The van der Waals surface area contributed by atoms with Crippen molar-refractivity contribution in [1.29, 1.82) is 0 Å². The molecule has 0 bridgehead atoms. The van der Waals surface area contributed by atoms with Gasteiger partial charge in [-0.05, 0) is 43.4 Å². The Morgan fingerprint density at radius 3 is 2.50 bits per heavy atom. The van der Waals surface area contributed by atoms with Crippen LogP contribution in [0.1, 0.15) is 31.2 Å². The summed E-state index contributed by atoms with van der Waals surface area (Å²) in [4.78, 5) is 0.379. The number of benzene rings is 1. The van der Waals surface area contributed by atoms with Gasteiger partial charge in [-0.2, -0.15) is 0 Å². The van der Waals surface area contributed by atoms with Gasteiger partial charge in [0.15, 0.2) is 0 Å². The number of nitrogens with one attached hydrogen (secondary N) is 2. The van der Waals surface area contributed by atoms with E-state index in [4.69, 9.17) is 0 Å². The molecule has 0 radical (unpaired) electrons. The fourth-order valence-electron chi connectivity index (χ4n) is 1.86. The van der Waals surface area contributed by atoms with Crippen LogP contribution in [-0.2, 0) is 16.6 Å². The lowest BCUT2D eigenvalue weighted by Gasteiger charge is -2.08. The summed E-state index contributed by atoms with van der Waals surface area (Å²) in [6.45, 7) is 0.747. The van der Waals surface area contributed by atoms with Gasteiger partial charge in [0.1, 0.15) is 0 Å². The smallest absolute Gasteiger partial charge is 0.240 e. The Morgan fingerprint density at radius 2 is 1.83 bits per heavy atom. The van der Waals surface area contributed by atoms with Crippen LogP contribution in [0.2, 0.25) is 0 Å². The Hall–Kier alpha value is -0.910. The molecule has 0 atom stereocenters. The molecular weight excluding hydrogens is 248 g/mol. The lowest BCUT2D eigenvalue weighted by atomic mass is 10.2. The van der Waals surface area contributed by atoms with Crippen LogP contribution in [0.3, 0.4) is 0 Å². The van der Waals surface area contributed by atoms with Crippen LogP contribution in [0.25, 0.3) is 0 Å². The van der Waals surface area contributed by atoms with Crippen LogP contribution in [0.15, 0.2) is 29.2 Å². The maximum atomic E-state index is 12.1. The minimum Gasteiger partial charge on any atom is -0.310 e. The SMILES string of the molecule is O=S(=O)(NC1CC1)c1cccc(CNC2CC2)c1. The molecule has 2 aliphatic rings. The van der Waals surface area contributed by atoms with Crippen LogP contribution in [0.4, 0.5) is 0 Å². The van der Waals surface area contributed by atoms with Crippen molar-refractivity contribution >= 4 is 10.0 Å². The van der Waals surface area contributed by atoms with Crippen LogP contribution in [-0.4, -0.2) is 20.5 Å². The minimum absolute atomic E-state index is 0.156. The monoisotopic (exact) mass is 266 g/mol. The predicted octanol–water partition coefficient (Wildman–Crippen LogP) is 1.38. The van der Waals surface area contributed by atoms with Crippen molar-refractivity contribution < 1.29 is 8.42 Å². The highest BCUT2D eigenvalue weighted by Crippen LogP contribution is 2.23. The first-order valence-corrected chi connectivity index (χ1v) is 7.96. The highest BCUT2D eigenvalue weighted by atomic mass is 32.2. The molecule has 2 saturated carbocycles. The van der Waals surface area contributed by atoms with Crippen LogP contribution in [0, 0.1) is 0 Å². The third-order valence-electron chi connectivity index (χ3n) is 3.28. The molecule has 0 aliphatic heterocycles. The third kappa shape index (κ3) is 3.10. The fraction of sp³-hybridized carbons (Fsp3) is 0.538. The van der Waals surface area contributed by atoms with Crippen LogP contribution in [0.5, 0.6) is 0 Å². The second-order valence-corrected chi connectivity index (χ2v) is 6.91. The maximum absolute atomic E-state index is 12.1. The second kappa shape index (κ2) is 4.64. The molecule has 0 spiro atoms. The van der Waals surface area contributed by atoms with Crippen molar-refractivity contribution in [2.24, 2.45) is 0 Å². The lowest BCUT2D eigenvalue weighted by Crippen LogP contribution is -2.26. The normalized spacial score (nSPS) is 20.0. The zero-order chi connectivity index (χ0) is 12.6. The van der Waals surface area contributed by atoms with Gasteiger partial charge in [0.25, 0.3) is 0 Å². The maximum Gasteiger partial charge on any atom is 0.240 e. The van der Waals surface area contributed by atoms with Crippen molar-refractivity contribution in [2.45, 2.75) is 49.2 Å². The fourth-order valence-corrected chi connectivity index (χ4v) is 3.24. The zero-order valence-electron chi connectivity index (χ0n) is 10.2. The van der Waals surface area contributed by atoms with E-state index in [0.29, 0.717) is 10.9 Å². The molecule has 1 aromatic carbocycles. The van der Waals surface area contributed by atoms with Crippen molar-refractivity contribution in [3.8, 4) is 0 Å². The lowest BCUT2D eigenvalue weighted by molar-refractivity contribution is 0.580. The zero-order valence-corrected chi connectivity index (χ0v) is 11.0. The number of rotatable bonds is 6. The quantitative estimate of drug-likeness (QED) is 0.818. The highest BCUT2D eigenvalue weighted by molar-refractivity contribution is 7.89. The largest absolute Gasteiger partial charge is 0.310 e. The molecule has 0 saturated heterocycles. The summed E-state index contributed by atoms with van der Waals surface area (Å²) in [5.41, 5.74) is 1.03. The summed E-state index contributed by atoms with van der Waals surface area (Å²) in [7, 11) is -3.32. The molecule has 0 amide bonds. The Bertz CT molecular complexity index is 534. The van der Waals surface area contributed by atoms with E-state index in [-0.39, 0.29) is 6.04 Å². The standard InChI is InChI=1S/C13H18N2O2S/c16-18(17,15-12-6-7-12)13-3-1-2-10(8-13)9-14-11-4-5-11/h1-3,8,11-12,14-15H,4-7,9H2. The molecule has 0 aromatic heterocycles. The molecule has 4 nitrogen and oxygen atoms in total. The first-order chi connectivity index (χ1) is 8.63. The van der Waals surface area contributed by atoms with E-state index in [0.717, 1.165) is 24.9 Å². The molecule has 2 fully saturated rings. The average Bonchev–Trinajstić information content (AvgIpc) is 3.21. The molecular formula is C13H18N2O2S. The number of hydrogen-bond acceptors (Lipinski definition) is 3. The van der Waals surface area contributed by atoms with E-state index in [1.165, 1.54) is 12.8 Å². The van der Waals surface area contributed by atoms with E-state index < -0.39 is 10.0 Å². The molecule has 1 aromatic rings. The molecule has 2 aliphatic carbocycles. The van der Waals surface area contributed by atoms with Crippen molar-refractivity contribution in [3.05, 3.63) is 29.8 Å². The molecule has 5 heteroatoms. The van der Waals surface area contributed by atoms with E-state index in [1.54, 1.807) is 12.1 Å². The van der Waals surface area contributed by atoms with E-state index >= 15 is 0 Å². The first kappa shape index (κ1) is 12.1. The highest BCUT2D eigenvalue weighted by Gasteiger charge is 2.28. The number of sulfonamides is 1. The van der Waals surface area contributed by atoms with E-state index in [9.17, 15) is 8.42 Å². The summed E-state index contributed by atoms with van der Waals surface area (Å²) in [5, 5.41) is 3.39. The van der Waals surface area contributed by atoms with Gasteiger partial charge < -0.3 is 5.32 Å². The Morgan fingerprint density at radius 1 is 1.11 bits per heavy atom. The second-order valence-electron chi connectivity index (χ2n) is 5.20. The van der Waals surface area contributed by atoms with Gasteiger partial charge in [-0.3, -0.25) is 0 Å². The minimum atomic E-state index is -3.32. The summed E-state index contributed by atoms with van der Waals surface area (Å²) in [6, 6.07) is 7.99. The molecule has 3 rings (SSSR count). The van der Waals surface area contributed by atoms with E-state index in [2.05, 4.69) is 10.0 Å². The summed E-state index contributed by atoms with van der Waals surface area (Å²) < 4.78 is 26.8. The molecule has 0 unspecified atom stereocenters. The Labute approximate surface area is 108 Å². The first-order valence-electron chi connectivity index (χ1n) is 6.48. The number of hydrogen-bond donors (Lipinski definition) is 2. The topological polar surface area (TPSA) is 58.2 Å². The van der Waals surface area contributed by atoms with Gasteiger partial charge >= 0.3 is 0 Å². The molecule has 0 heterocycles. The Balaban J connectivity index is 1.71. The molecule has 2 N–H and O–H groups in total. The van der Waals surface area contributed by atoms with Gasteiger partial charge in [-0.1, -0.05) is 12.1 Å². The van der Waals surface area contributed by atoms with Crippen molar-refractivity contribution in [2.75, 3.05) is 0 Å². The summed E-state index contributed by atoms with van der Waals surface area (Å²) >= 11 is 0. The van der Waals surface area contributed by atoms with Crippen LogP contribution >= 0.6 is 0 Å². The van der Waals surface area contributed by atoms with Gasteiger partial charge in [0, 0.05) is 18.6 Å². The third-order valence-corrected chi connectivity index (χ3v) is 4.80. The summed E-state index contributed by atoms with van der Waals surface area (Å²) in [6.07, 6.45) is 4.40. The van der Waals surface area contributed by atoms with Crippen LogP contribution < -0.4 is 10.0 Å². The van der Waals surface area contributed by atoms with Gasteiger partial charge in [-0.25, -0.2) is 13.1 Å². The average molecular weight is 266 g/mol. The molecule has 18 heavy (non-hydrogen) atoms. The molecule has 98 valence electrons. The van der Waals surface area contributed by atoms with Crippen molar-refractivity contribution in [3.63, 3.8) is 0 Å². The van der Waals surface area contributed by atoms with Crippen molar-refractivity contribution in [1.82, 2.24) is 10.0 Å². The summed E-state index contributed by atoms with van der Waals surface area (Å²) in [5.74, 6) is 0. The van der Waals surface area contributed by atoms with E-state index in [1.807, 2.05) is 12.1 Å². The Kier molecular flexibility index (Phi) is 3.13. The predicted molar refractivity (Wildman–Crippen MR) is 69.6 cm³/mol. The van der Waals surface area contributed by atoms with Gasteiger partial charge in [0.05, 0.1) is 4.90 Å². The van der Waals surface area contributed by atoms with Gasteiger partial charge in [-0.15, -0.1) is 0 Å².